The van der Waals surface area contributed by atoms with Gasteiger partial charge in [0, 0.05) is 12.6 Å². The van der Waals surface area contributed by atoms with Gasteiger partial charge in [-0.25, -0.2) is 0 Å². The van der Waals surface area contributed by atoms with Crippen molar-refractivity contribution in [3.63, 3.8) is 0 Å². The molecule has 0 N–H and O–H groups in total. The molecule has 0 aliphatic heterocycles. The van der Waals surface area contributed by atoms with Crippen LogP contribution in [-0.4, -0.2) is 36.6 Å². The molecule has 0 amide bonds. The van der Waals surface area contributed by atoms with Gasteiger partial charge in [-0.2, -0.15) is 0 Å². The van der Waals surface area contributed by atoms with E-state index in [1.54, 1.807) is 0 Å². The van der Waals surface area contributed by atoms with E-state index in [0.717, 1.165) is 24.2 Å². The molecule has 138 valence electrons. The Balaban J connectivity index is 1.64. The maximum Gasteiger partial charge on any atom is 0.317 e. The van der Waals surface area contributed by atoms with Gasteiger partial charge in [0.15, 0.2) is 0 Å². The van der Waals surface area contributed by atoms with E-state index in [2.05, 4.69) is 11.8 Å². The van der Waals surface area contributed by atoms with Crippen molar-refractivity contribution in [3.8, 4) is 0 Å². The zero-order chi connectivity index (χ0) is 18.2. The Morgan fingerprint density at radius 2 is 1.54 bits per heavy atom. The van der Waals surface area contributed by atoms with E-state index in [1.165, 1.54) is 25.7 Å². The molecule has 26 heavy (non-hydrogen) atoms. The zero-order valence-electron chi connectivity index (χ0n) is 15.6. The molecule has 1 aliphatic rings. The average molecular weight is 351 g/mol. The fourth-order valence-electron chi connectivity index (χ4n) is 3.97. The largest absolute Gasteiger partial charge is 0.464 e. The van der Waals surface area contributed by atoms with Gasteiger partial charge in [0.25, 0.3) is 0 Å². The van der Waals surface area contributed by atoms with Gasteiger partial charge in [0.2, 0.25) is 0 Å². The third-order valence-corrected chi connectivity index (χ3v) is 5.37. The van der Waals surface area contributed by atoms with Crippen LogP contribution in [0.1, 0.15) is 49.7 Å². The minimum atomic E-state index is -0.362. The lowest BCUT2D eigenvalue weighted by atomic mass is 9.91. The molecule has 2 aromatic rings. The topological polar surface area (TPSA) is 29.5 Å². The van der Waals surface area contributed by atoms with Crippen LogP contribution in [0.25, 0.3) is 0 Å². The van der Waals surface area contributed by atoms with Crippen LogP contribution < -0.4 is 0 Å². The summed E-state index contributed by atoms with van der Waals surface area (Å²) in [6.07, 6.45) is 5.20. The van der Waals surface area contributed by atoms with Crippen LogP contribution in [-0.2, 0) is 9.53 Å². The highest BCUT2D eigenvalue weighted by Crippen LogP contribution is 2.26. The lowest BCUT2D eigenvalue weighted by molar-refractivity contribution is -0.145. The molecule has 1 fully saturated rings. The Labute approximate surface area is 157 Å². The summed E-state index contributed by atoms with van der Waals surface area (Å²) in [6, 6.07) is 20.5. The molecular weight excluding hydrogens is 322 g/mol. The summed E-state index contributed by atoms with van der Waals surface area (Å²) >= 11 is 0. The van der Waals surface area contributed by atoms with Crippen molar-refractivity contribution in [2.24, 2.45) is 0 Å². The first-order valence-corrected chi connectivity index (χ1v) is 9.80. The van der Waals surface area contributed by atoms with Gasteiger partial charge in [-0.15, -0.1) is 0 Å². The number of hydrogen-bond donors (Lipinski definition) is 0. The number of hydrogen-bond acceptors (Lipinski definition) is 3. The van der Waals surface area contributed by atoms with Crippen molar-refractivity contribution >= 4 is 5.97 Å². The molecule has 2 aromatic carbocycles. The number of likely N-dealkylation sites (N-methyl/N-ethyl adjacent to an activating group) is 1. The molecule has 0 spiro atoms. The smallest absolute Gasteiger partial charge is 0.317 e. The van der Waals surface area contributed by atoms with Crippen LogP contribution in [0, 0.1) is 0 Å². The zero-order valence-corrected chi connectivity index (χ0v) is 15.6. The van der Waals surface area contributed by atoms with E-state index in [9.17, 15) is 4.79 Å². The van der Waals surface area contributed by atoms with Crippen molar-refractivity contribution in [3.05, 3.63) is 71.8 Å². The van der Waals surface area contributed by atoms with Gasteiger partial charge in [-0.1, -0.05) is 80.4 Å². The summed E-state index contributed by atoms with van der Waals surface area (Å²) in [7, 11) is 0. The van der Waals surface area contributed by atoms with E-state index < -0.39 is 0 Å². The monoisotopic (exact) mass is 351 g/mol. The third-order valence-electron chi connectivity index (χ3n) is 5.37. The molecule has 0 heterocycles. The Morgan fingerprint density at radius 1 is 1.00 bits per heavy atom. The number of ether oxygens (including phenoxy) is 1. The van der Waals surface area contributed by atoms with Gasteiger partial charge in [-0.3, -0.25) is 9.69 Å². The number of nitrogens with zero attached hydrogens (tertiary/aromatic N) is 1. The molecule has 3 rings (SSSR count). The molecule has 0 aromatic heterocycles. The number of benzene rings is 2. The Hall–Kier alpha value is -2.13. The summed E-state index contributed by atoms with van der Waals surface area (Å²) in [5.74, 6) is -0.524. The van der Waals surface area contributed by atoms with E-state index >= 15 is 0 Å². The van der Waals surface area contributed by atoms with Crippen molar-refractivity contribution < 1.29 is 9.53 Å². The average Bonchev–Trinajstić information content (AvgIpc) is 3.22. The predicted octanol–water partition coefficient (Wildman–Crippen LogP) is 4.63. The first-order valence-electron chi connectivity index (χ1n) is 9.80. The predicted molar refractivity (Wildman–Crippen MR) is 105 cm³/mol. The Morgan fingerprint density at radius 3 is 2.04 bits per heavy atom. The van der Waals surface area contributed by atoms with Gasteiger partial charge in [0.1, 0.15) is 12.5 Å². The molecule has 0 atom stereocenters. The van der Waals surface area contributed by atoms with Crippen LogP contribution >= 0.6 is 0 Å². The van der Waals surface area contributed by atoms with Crippen LogP contribution in [0.5, 0.6) is 0 Å². The summed E-state index contributed by atoms with van der Waals surface area (Å²) in [5, 5.41) is 0. The Kier molecular flexibility index (Phi) is 6.84. The van der Waals surface area contributed by atoms with Gasteiger partial charge in [-0.05, 0) is 30.5 Å². The number of rotatable bonds is 8. The van der Waals surface area contributed by atoms with Crippen molar-refractivity contribution in [1.29, 1.82) is 0 Å². The highest BCUT2D eigenvalue weighted by molar-refractivity contribution is 5.82. The Bertz CT molecular complexity index is 626. The molecule has 3 nitrogen and oxygen atoms in total. The summed E-state index contributed by atoms with van der Waals surface area (Å²) in [5.41, 5.74) is 1.96. The maximum absolute atomic E-state index is 12.9. The standard InChI is InChI=1S/C23H29NO2/c1-2-24(21-15-9-10-16-21)17-18-26-23(25)22(19-11-5-3-6-12-19)20-13-7-4-8-14-20/h3-8,11-14,21-22H,2,9-10,15-18H2,1H3. The van der Waals surface area contributed by atoms with Crippen molar-refractivity contribution in [2.75, 3.05) is 19.7 Å². The lowest BCUT2D eigenvalue weighted by Gasteiger charge is -2.27. The highest BCUT2D eigenvalue weighted by atomic mass is 16.5. The second-order valence-electron chi connectivity index (χ2n) is 6.99. The highest BCUT2D eigenvalue weighted by Gasteiger charge is 2.25. The van der Waals surface area contributed by atoms with E-state index in [-0.39, 0.29) is 11.9 Å². The summed E-state index contributed by atoms with van der Waals surface area (Å²) in [6.45, 7) is 4.49. The van der Waals surface area contributed by atoms with Crippen molar-refractivity contribution in [1.82, 2.24) is 4.90 Å². The van der Waals surface area contributed by atoms with Crippen molar-refractivity contribution in [2.45, 2.75) is 44.6 Å². The molecule has 1 saturated carbocycles. The fourth-order valence-corrected chi connectivity index (χ4v) is 3.97. The third kappa shape index (κ3) is 4.73. The second-order valence-corrected chi connectivity index (χ2v) is 6.99. The normalized spacial score (nSPS) is 14.9. The van der Waals surface area contributed by atoms with E-state index in [0.29, 0.717) is 12.6 Å². The summed E-state index contributed by atoms with van der Waals surface area (Å²) in [4.78, 5) is 15.4. The molecule has 0 bridgehead atoms. The first-order chi connectivity index (χ1) is 12.8. The molecule has 1 aliphatic carbocycles. The molecule has 0 unspecified atom stereocenters. The van der Waals surface area contributed by atoms with Crippen LogP contribution in [0.3, 0.4) is 0 Å². The molecule has 0 saturated heterocycles. The minimum absolute atomic E-state index is 0.162. The van der Waals surface area contributed by atoms with Crippen LogP contribution in [0.15, 0.2) is 60.7 Å². The molecular formula is C23H29NO2. The van der Waals surface area contributed by atoms with Crippen LogP contribution in [0.2, 0.25) is 0 Å². The van der Waals surface area contributed by atoms with Crippen LogP contribution in [0.4, 0.5) is 0 Å². The van der Waals surface area contributed by atoms with E-state index in [1.807, 2.05) is 60.7 Å². The lowest BCUT2D eigenvalue weighted by Crippen LogP contribution is -2.36. The maximum atomic E-state index is 12.9. The van der Waals surface area contributed by atoms with Gasteiger partial charge in [0.05, 0.1) is 0 Å². The van der Waals surface area contributed by atoms with Gasteiger partial charge < -0.3 is 4.74 Å². The quantitative estimate of drug-likeness (QED) is 0.650. The first kappa shape index (κ1) is 18.7. The number of carbonyl (C=O) groups is 1. The SMILES string of the molecule is CCN(CCOC(=O)C(c1ccccc1)c1ccccc1)C1CCCC1. The summed E-state index contributed by atoms with van der Waals surface area (Å²) < 4.78 is 5.72. The molecule has 3 heteroatoms. The second kappa shape index (κ2) is 9.54. The van der Waals surface area contributed by atoms with E-state index in [4.69, 9.17) is 4.74 Å². The van der Waals surface area contributed by atoms with Gasteiger partial charge >= 0.3 is 5.97 Å². The fraction of sp³-hybridized carbons (Fsp3) is 0.435. The number of carbonyl (C=O) groups excluding carboxylic acids is 1. The number of esters is 1. The minimum Gasteiger partial charge on any atom is -0.464 e. The molecule has 0 radical (unpaired) electrons.